The predicted molar refractivity (Wildman–Crippen MR) is 141 cm³/mol. The fourth-order valence-electron chi connectivity index (χ4n) is 5.49. The number of likely N-dealkylation sites (N-methyl/N-ethyl adjacent to an activating group) is 1. The monoisotopic (exact) mass is 495 g/mol. The molecular weight excluding hydrogens is 454 g/mol. The number of carbonyl (C=O) groups is 1. The van der Waals surface area contributed by atoms with E-state index in [4.69, 9.17) is 0 Å². The summed E-state index contributed by atoms with van der Waals surface area (Å²) < 4.78 is 0. The topological polar surface area (TPSA) is 102 Å². The first-order valence-corrected chi connectivity index (χ1v) is 13.2. The van der Waals surface area contributed by atoms with Gasteiger partial charge in [0.2, 0.25) is 0 Å². The molecule has 10 nitrogen and oxygen atoms in total. The van der Waals surface area contributed by atoms with Crippen molar-refractivity contribution in [3.05, 3.63) is 48.2 Å². The highest BCUT2D eigenvalue weighted by atomic mass is 16.1. The maximum Gasteiger partial charge on any atom is 0.251 e. The number of likely N-dealkylation sites (tertiary alicyclic amines) is 1. The van der Waals surface area contributed by atoms with Crippen LogP contribution in [0.1, 0.15) is 55.3 Å². The van der Waals surface area contributed by atoms with Gasteiger partial charge < -0.3 is 15.5 Å². The zero-order valence-electron chi connectivity index (χ0n) is 22.0. The van der Waals surface area contributed by atoms with Crippen LogP contribution in [-0.2, 0) is 0 Å². The van der Waals surface area contributed by atoms with Crippen LogP contribution in [0.15, 0.2) is 36.9 Å². The van der Waals surface area contributed by atoms with Gasteiger partial charge in [-0.15, -0.1) is 0 Å². The molecule has 2 aromatic rings. The summed E-state index contributed by atoms with van der Waals surface area (Å²) in [6, 6.07) is 5.54. The molecule has 0 aromatic carbocycles. The van der Waals surface area contributed by atoms with Crippen LogP contribution in [-0.4, -0.2) is 88.7 Å². The molecule has 196 valence electrons. The summed E-state index contributed by atoms with van der Waals surface area (Å²) in [5.41, 5.74) is 5.03. The summed E-state index contributed by atoms with van der Waals surface area (Å²) in [7, 11) is 4.06. The van der Waals surface area contributed by atoms with E-state index < -0.39 is 0 Å². The zero-order valence-corrected chi connectivity index (χ0v) is 22.0. The summed E-state index contributed by atoms with van der Waals surface area (Å²) in [6.07, 6.45) is 8.56. The van der Waals surface area contributed by atoms with Crippen molar-refractivity contribution in [1.82, 2.24) is 40.5 Å². The van der Waals surface area contributed by atoms with E-state index in [1.807, 2.05) is 24.2 Å². The molecule has 0 saturated carbocycles. The maximum absolute atomic E-state index is 12.9. The second kappa shape index (κ2) is 12.5. The molecule has 2 saturated heterocycles. The van der Waals surface area contributed by atoms with Gasteiger partial charge in [0.25, 0.3) is 5.91 Å². The Labute approximate surface area is 214 Å². The van der Waals surface area contributed by atoms with Crippen molar-refractivity contribution < 1.29 is 4.79 Å². The molecule has 36 heavy (non-hydrogen) atoms. The van der Waals surface area contributed by atoms with Gasteiger partial charge in [-0.25, -0.2) is 25.4 Å². The van der Waals surface area contributed by atoms with Gasteiger partial charge in [0.05, 0.1) is 11.9 Å². The van der Waals surface area contributed by atoms with Crippen LogP contribution in [0.2, 0.25) is 0 Å². The molecule has 2 aromatic heterocycles. The van der Waals surface area contributed by atoms with Crippen LogP contribution in [0.3, 0.4) is 0 Å². The van der Waals surface area contributed by atoms with E-state index in [0.29, 0.717) is 29.8 Å². The van der Waals surface area contributed by atoms with Crippen LogP contribution < -0.4 is 16.1 Å². The molecular formula is C26H41N9O. The van der Waals surface area contributed by atoms with Gasteiger partial charge in [-0.2, -0.15) is 0 Å². The Kier molecular flexibility index (Phi) is 9.19. The first kappa shape index (κ1) is 26.4. The number of pyridine rings is 1. The lowest BCUT2D eigenvalue weighted by molar-refractivity contribution is 0.0888. The minimum atomic E-state index is -0.0361. The standard InChI is InChI=1S/C26H41N9O/c1-5-12-35-13-9-21(19(6-2)17-35)15-30-25(36)20-7-11-28-23(14-20)29-16-24-32-34(4)26(33(24)3)22-8-10-27-18-31-22/h7-8,10-11,14,18-19,21,24,26,32H,5-6,9,12-13,15-17H2,1-4H3,(H,28,29)(H,30,36). The Bertz CT molecular complexity index is 975. The van der Waals surface area contributed by atoms with Gasteiger partial charge in [-0.3, -0.25) is 9.69 Å². The molecule has 0 spiro atoms. The lowest BCUT2D eigenvalue weighted by Crippen LogP contribution is -2.44. The third-order valence-corrected chi connectivity index (χ3v) is 7.53. The van der Waals surface area contributed by atoms with Gasteiger partial charge in [0, 0.05) is 44.6 Å². The predicted octanol–water partition coefficient (Wildman–Crippen LogP) is 2.18. The molecule has 4 atom stereocenters. The smallest absolute Gasteiger partial charge is 0.251 e. The Balaban J connectivity index is 1.29. The first-order valence-electron chi connectivity index (χ1n) is 13.2. The number of anilines is 1. The highest BCUT2D eigenvalue weighted by molar-refractivity contribution is 5.94. The van der Waals surface area contributed by atoms with Crippen molar-refractivity contribution in [1.29, 1.82) is 0 Å². The quantitative estimate of drug-likeness (QED) is 0.458. The van der Waals surface area contributed by atoms with Gasteiger partial charge in [0.15, 0.2) is 0 Å². The van der Waals surface area contributed by atoms with E-state index in [0.717, 1.165) is 38.2 Å². The lowest BCUT2D eigenvalue weighted by Gasteiger charge is -2.38. The van der Waals surface area contributed by atoms with Crippen LogP contribution in [0.25, 0.3) is 0 Å². The number of nitrogens with one attached hydrogen (secondary N) is 3. The minimum absolute atomic E-state index is 0.00524. The Morgan fingerprint density at radius 3 is 2.75 bits per heavy atom. The maximum atomic E-state index is 12.9. The van der Waals surface area contributed by atoms with Gasteiger partial charge in [-0.05, 0) is 63.0 Å². The second-order valence-electron chi connectivity index (χ2n) is 9.97. The molecule has 4 unspecified atom stereocenters. The Morgan fingerprint density at radius 2 is 2.00 bits per heavy atom. The highest BCUT2D eigenvalue weighted by Gasteiger charge is 2.36. The fourth-order valence-corrected chi connectivity index (χ4v) is 5.49. The van der Waals surface area contributed by atoms with Crippen LogP contribution in [0.4, 0.5) is 5.82 Å². The minimum Gasteiger partial charge on any atom is -0.367 e. The number of hydrazine groups is 1. The van der Waals surface area contributed by atoms with E-state index in [9.17, 15) is 4.79 Å². The number of piperidine rings is 1. The molecule has 0 aliphatic carbocycles. The zero-order chi connectivity index (χ0) is 25.5. The van der Waals surface area contributed by atoms with E-state index in [2.05, 4.69) is 61.7 Å². The average Bonchev–Trinajstić information content (AvgIpc) is 3.19. The molecule has 3 N–H and O–H groups in total. The molecule has 0 radical (unpaired) electrons. The van der Waals surface area contributed by atoms with Crippen molar-refractivity contribution >= 4 is 11.7 Å². The third kappa shape index (κ3) is 6.36. The molecule has 2 fully saturated rings. The van der Waals surface area contributed by atoms with Crippen molar-refractivity contribution in [3.63, 3.8) is 0 Å². The molecule has 2 aliphatic heterocycles. The highest BCUT2D eigenvalue weighted by Crippen LogP contribution is 2.27. The van der Waals surface area contributed by atoms with E-state index in [-0.39, 0.29) is 18.2 Å². The van der Waals surface area contributed by atoms with E-state index in [1.54, 1.807) is 24.8 Å². The first-order chi connectivity index (χ1) is 17.5. The molecule has 4 rings (SSSR count). The molecule has 2 aliphatic rings. The number of amides is 1. The Morgan fingerprint density at radius 1 is 1.14 bits per heavy atom. The molecule has 1 amide bonds. The number of nitrogens with zero attached hydrogens (tertiary/aromatic N) is 6. The number of hydrogen-bond donors (Lipinski definition) is 3. The SMILES string of the molecule is CCCN1CCC(CNC(=O)c2ccnc(NCC3NN(C)C(c4ccncn4)N3C)c2)C(CC)C1. The summed E-state index contributed by atoms with van der Waals surface area (Å²) in [6.45, 7) is 9.30. The number of carbonyl (C=O) groups excluding carboxylic acids is 1. The van der Waals surface area contributed by atoms with Crippen molar-refractivity contribution in [2.24, 2.45) is 11.8 Å². The summed E-state index contributed by atoms with van der Waals surface area (Å²) in [5.74, 6) is 1.83. The summed E-state index contributed by atoms with van der Waals surface area (Å²) in [5, 5.41) is 8.62. The van der Waals surface area contributed by atoms with E-state index in [1.165, 1.54) is 13.0 Å². The number of aromatic nitrogens is 3. The van der Waals surface area contributed by atoms with Crippen LogP contribution in [0.5, 0.6) is 0 Å². The molecule has 0 bridgehead atoms. The van der Waals surface area contributed by atoms with Crippen LogP contribution in [0, 0.1) is 11.8 Å². The second-order valence-corrected chi connectivity index (χ2v) is 9.97. The fraction of sp³-hybridized carbons (Fsp3) is 0.615. The van der Waals surface area contributed by atoms with E-state index >= 15 is 0 Å². The third-order valence-electron chi connectivity index (χ3n) is 7.53. The summed E-state index contributed by atoms with van der Waals surface area (Å²) in [4.78, 5) is 30.6. The van der Waals surface area contributed by atoms with Crippen LogP contribution >= 0.6 is 0 Å². The van der Waals surface area contributed by atoms with Gasteiger partial charge in [0.1, 0.15) is 18.3 Å². The number of hydrogen-bond acceptors (Lipinski definition) is 9. The average molecular weight is 496 g/mol. The largest absolute Gasteiger partial charge is 0.367 e. The van der Waals surface area contributed by atoms with Gasteiger partial charge >= 0.3 is 0 Å². The van der Waals surface area contributed by atoms with Crippen molar-refractivity contribution in [2.75, 3.05) is 52.1 Å². The van der Waals surface area contributed by atoms with Gasteiger partial charge in [-0.1, -0.05) is 20.3 Å². The number of rotatable bonds is 10. The Hall–Kier alpha value is -2.66. The normalized spacial score (nSPS) is 25.7. The molecule has 4 heterocycles. The summed E-state index contributed by atoms with van der Waals surface area (Å²) >= 11 is 0. The van der Waals surface area contributed by atoms with Crippen molar-refractivity contribution in [3.8, 4) is 0 Å². The lowest BCUT2D eigenvalue weighted by atomic mass is 9.83. The molecule has 10 heteroatoms. The van der Waals surface area contributed by atoms with Crippen molar-refractivity contribution in [2.45, 2.75) is 45.4 Å².